The van der Waals surface area contributed by atoms with Crippen LogP contribution in [0.1, 0.15) is 44.2 Å². The zero-order chi connectivity index (χ0) is 13.9. The molecule has 2 fully saturated rings. The quantitative estimate of drug-likeness (QED) is 0.887. The van der Waals surface area contributed by atoms with Gasteiger partial charge in [0.25, 0.3) is 0 Å². The molecule has 3 heteroatoms. The summed E-state index contributed by atoms with van der Waals surface area (Å²) < 4.78 is 13.1. The highest BCUT2D eigenvalue weighted by atomic mass is 19.1. The Balaban J connectivity index is 1.67. The lowest BCUT2D eigenvalue weighted by atomic mass is 9.97. The first kappa shape index (κ1) is 14.0. The maximum absolute atomic E-state index is 13.1. The van der Waals surface area contributed by atoms with Crippen LogP contribution in [0.2, 0.25) is 0 Å². The molecule has 3 rings (SSSR count). The van der Waals surface area contributed by atoms with Crippen molar-refractivity contribution in [2.45, 2.75) is 44.7 Å². The van der Waals surface area contributed by atoms with Crippen LogP contribution < -0.4 is 5.32 Å². The molecule has 1 saturated heterocycles. The lowest BCUT2D eigenvalue weighted by Gasteiger charge is -2.34. The molecule has 1 N–H and O–H groups in total. The molecule has 2 atom stereocenters. The average molecular weight is 276 g/mol. The summed E-state index contributed by atoms with van der Waals surface area (Å²) in [5, 5.41) is 3.51. The number of halogens is 1. The van der Waals surface area contributed by atoms with Gasteiger partial charge in [-0.05, 0) is 69.3 Å². The summed E-state index contributed by atoms with van der Waals surface area (Å²) in [6, 6.07) is 8.18. The maximum atomic E-state index is 13.1. The molecule has 0 bridgehead atoms. The Bertz CT molecular complexity index is 421. The van der Waals surface area contributed by atoms with E-state index < -0.39 is 0 Å². The number of nitrogens with zero attached hydrogens (tertiary/aromatic N) is 1. The van der Waals surface area contributed by atoms with Gasteiger partial charge in [-0.25, -0.2) is 4.39 Å². The van der Waals surface area contributed by atoms with Crippen LogP contribution in [0.15, 0.2) is 24.3 Å². The Kier molecular flexibility index (Phi) is 4.37. The average Bonchev–Trinajstić information content (AvgIpc) is 3.30. The number of rotatable bonds is 5. The molecule has 2 aliphatic rings. The van der Waals surface area contributed by atoms with E-state index in [1.807, 2.05) is 12.1 Å². The molecule has 110 valence electrons. The van der Waals surface area contributed by atoms with Crippen LogP contribution in [0, 0.1) is 11.7 Å². The predicted octanol–water partition coefficient (Wildman–Crippen LogP) is 3.35. The Morgan fingerprint density at radius 1 is 1.25 bits per heavy atom. The maximum Gasteiger partial charge on any atom is 0.123 e. The molecular formula is C17H25FN2. The summed E-state index contributed by atoms with van der Waals surface area (Å²) in [5.74, 6) is 0.627. The van der Waals surface area contributed by atoms with Crippen LogP contribution in [0.3, 0.4) is 0 Å². The monoisotopic (exact) mass is 276 g/mol. The van der Waals surface area contributed by atoms with E-state index in [1.165, 1.54) is 44.3 Å². The van der Waals surface area contributed by atoms with Gasteiger partial charge in [0.15, 0.2) is 0 Å². The van der Waals surface area contributed by atoms with Crippen LogP contribution in [-0.2, 0) is 0 Å². The summed E-state index contributed by atoms with van der Waals surface area (Å²) in [5.41, 5.74) is 1.24. The smallest absolute Gasteiger partial charge is 0.123 e. The van der Waals surface area contributed by atoms with Crippen molar-refractivity contribution in [3.05, 3.63) is 35.6 Å². The highest BCUT2D eigenvalue weighted by Gasteiger charge is 2.34. The molecular weight excluding hydrogens is 251 g/mol. The van der Waals surface area contributed by atoms with Gasteiger partial charge in [-0.1, -0.05) is 12.1 Å². The molecule has 1 aliphatic heterocycles. The molecule has 0 aromatic heterocycles. The first-order chi connectivity index (χ1) is 9.74. The SMILES string of the molecule is CC(c1ccc(F)cc1)N(CC1CCCNC1)C1CC1. The van der Waals surface area contributed by atoms with E-state index in [0.29, 0.717) is 6.04 Å². The van der Waals surface area contributed by atoms with Gasteiger partial charge in [-0.2, -0.15) is 0 Å². The minimum atomic E-state index is -0.143. The predicted molar refractivity (Wildman–Crippen MR) is 80.1 cm³/mol. The third-order valence-electron chi connectivity index (χ3n) is 4.73. The second kappa shape index (κ2) is 6.23. The molecule has 0 amide bonds. The van der Waals surface area contributed by atoms with Crippen LogP contribution in [0.5, 0.6) is 0 Å². The van der Waals surface area contributed by atoms with E-state index in [-0.39, 0.29) is 5.82 Å². The highest BCUT2D eigenvalue weighted by Crippen LogP contribution is 2.35. The summed E-state index contributed by atoms with van der Waals surface area (Å²) >= 11 is 0. The van der Waals surface area contributed by atoms with Crippen molar-refractivity contribution in [1.82, 2.24) is 10.2 Å². The fraction of sp³-hybridized carbons (Fsp3) is 0.647. The van der Waals surface area contributed by atoms with Crippen molar-refractivity contribution >= 4 is 0 Å². The minimum Gasteiger partial charge on any atom is -0.316 e. The van der Waals surface area contributed by atoms with Gasteiger partial charge < -0.3 is 5.32 Å². The van der Waals surface area contributed by atoms with E-state index >= 15 is 0 Å². The molecule has 1 aliphatic carbocycles. The Morgan fingerprint density at radius 2 is 2.00 bits per heavy atom. The highest BCUT2D eigenvalue weighted by molar-refractivity contribution is 5.20. The first-order valence-corrected chi connectivity index (χ1v) is 7.96. The third kappa shape index (κ3) is 3.39. The van der Waals surface area contributed by atoms with Gasteiger partial charge in [0, 0.05) is 18.6 Å². The molecule has 1 heterocycles. The van der Waals surface area contributed by atoms with Crippen molar-refractivity contribution in [3.8, 4) is 0 Å². The zero-order valence-electron chi connectivity index (χ0n) is 12.3. The van der Waals surface area contributed by atoms with Crippen molar-refractivity contribution in [1.29, 1.82) is 0 Å². The van der Waals surface area contributed by atoms with E-state index in [4.69, 9.17) is 0 Å². The zero-order valence-corrected chi connectivity index (χ0v) is 12.3. The molecule has 0 spiro atoms. The van der Waals surface area contributed by atoms with Crippen molar-refractivity contribution in [3.63, 3.8) is 0 Å². The summed E-state index contributed by atoms with van der Waals surface area (Å²) in [7, 11) is 0. The number of benzene rings is 1. The van der Waals surface area contributed by atoms with Crippen molar-refractivity contribution in [2.24, 2.45) is 5.92 Å². The fourth-order valence-electron chi connectivity index (χ4n) is 3.34. The number of hydrogen-bond acceptors (Lipinski definition) is 2. The van der Waals surface area contributed by atoms with Gasteiger partial charge in [-0.3, -0.25) is 4.90 Å². The molecule has 0 radical (unpaired) electrons. The molecule has 1 aromatic rings. The number of piperidine rings is 1. The molecule has 2 unspecified atom stereocenters. The normalized spacial score (nSPS) is 24.9. The Hall–Kier alpha value is -0.930. The largest absolute Gasteiger partial charge is 0.316 e. The Morgan fingerprint density at radius 3 is 2.60 bits per heavy atom. The summed E-state index contributed by atoms with van der Waals surface area (Å²) in [6.07, 6.45) is 5.29. The van der Waals surface area contributed by atoms with E-state index in [1.54, 1.807) is 12.1 Å². The van der Waals surface area contributed by atoms with Gasteiger partial charge >= 0.3 is 0 Å². The molecule has 1 aromatic carbocycles. The third-order valence-corrected chi connectivity index (χ3v) is 4.73. The second-order valence-electron chi connectivity index (χ2n) is 6.37. The van der Waals surface area contributed by atoms with Gasteiger partial charge in [0.2, 0.25) is 0 Å². The Labute approximate surface area is 121 Å². The van der Waals surface area contributed by atoms with Crippen LogP contribution in [0.4, 0.5) is 4.39 Å². The van der Waals surface area contributed by atoms with Gasteiger partial charge in [0.1, 0.15) is 5.82 Å². The van der Waals surface area contributed by atoms with Gasteiger partial charge in [-0.15, -0.1) is 0 Å². The lowest BCUT2D eigenvalue weighted by molar-refractivity contribution is 0.154. The first-order valence-electron chi connectivity index (χ1n) is 7.96. The molecule has 20 heavy (non-hydrogen) atoms. The minimum absolute atomic E-state index is 0.143. The molecule has 1 saturated carbocycles. The summed E-state index contributed by atoms with van der Waals surface area (Å²) in [6.45, 7) is 5.77. The fourth-order valence-corrected chi connectivity index (χ4v) is 3.34. The second-order valence-corrected chi connectivity index (χ2v) is 6.37. The topological polar surface area (TPSA) is 15.3 Å². The standard InChI is InChI=1S/C17H25FN2/c1-13(15-4-6-16(18)7-5-15)20(17-8-9-17)12-14-3-2-10-19-11-14/h4-7,13-14,17,19H,2-3,8-12H2,1H3. The number of nitrogens with one attached hydrogen (secondary N) is 1. The van der Waals surface area contributed by atoms with Crippen molar-refractivity contribution < 1.29 is 4.39 Å². The van der Waals surface area contributed by atoms with Gasteiger partial charge in [0.05, 0.1) is 0 Å². The molecule has 2 nitrogen and oxygen atoms in total. The van der Waals surface area contributed by atoms with Crippen LogP contribution in [-0.4, -0.2) is 30.6 Å². The van der Waals surface area contributed by atoms with Crippen LogP contribution in [0.25, 0.3) is 0 Å². The van der Waals surface area contributed by atoms with Crippen molar-refractivity contribution in [2.75, 3.05) is 19.6 Å². The van der Waals surface area contributed by atoms with E-state index in [2.05, 4.69) is 17.1 Å². The van der Waals surface area contributed by atoms with Crippen LogP contribution >= 0.6 is 0 Å². The lowest BCUT2D eigenvalue weighted by Crippen LogP contribution is -2.40. The number of hydrogen-bond donors (Lipinski definition) is 1. The summed E-state index contributed by atoms with van der Waals surface area (Å²) in [4.78, 5) is 2.64. The van der Waals surface area contributed by atoms with E-state index in [0.717, 1.165) is 18.5 Å². The van der Waals surface area contributed by atoms with E-state index in [9.17, 15) is 4.39 Å².